The molecule has 0 bridgehead atoms. The number of halogens is 3. The van der Waals surface area contributed by atoms with Crippen molar-refractivity contribution in [3.63, 3.8) is 0 Å². The zero-order chi connectivity index (χ0) is 10.8. The molecule has 0 aromatic rings. The first kappa shape index (κ1) is 11.7. The number of nitrogens with one attached hydrogen (secondary N) is 2. The molecule has 0 aliphatic carbocycles. The molecule has 0 saturated carbocycles. The predicted molar refractivity (Wildman–Crippen MR) is 44.0 cm³/mol. The summed E-state index contributed by atoms with van der Waals surface area (Å²) in [5.41, 5.74) is -5.22. The Bertz CT molecular complexity index is 282. The van der Waals surface area contributed by atoms with Crippen molar-refractivity contribution in [3.05, 3.63) is 0 Å². The summed E-state index contributed by atoms with van der Waals surface area (Å²) in [7, 11) is -5.18. The second kappa shape index (κ2) is 4.03. The minimum atomic E-state index is -5.22. The van der Waals surface area contributed by atoms with Crippen molar-refractivity contribution in [2.45, 2.75) is 24.4 Å². The molecule has 0 amide bonds. The molecule has 0 radical (unpaired) electrons. The molecule has 0 aromatic heterocycles. The smallest absolute Gasteiger partial charge is 0.313 e. The third-order valence-corrected chi connectivity index (χ3v) is 3.14. The van der Waals surface area contributed by atoms with E-state index in [1.807, 2.05) is 0 Å². The van der Waals surface area contributed by atoms with E-state index in [1.165, 1.54) is 4.72 Å². The summed E-state index contributed by atoms with van der Waals surface area (Å²) in [6, 6.07) is -0.188. The van der Waals surface area contributed by atoms with Gasteiger partial charge >= 0.3 is 15.5 Å². The Morgan fingerprint density at radius 2 is 2.07 bits per heavy atom. The van der Waals surface area contributed by atoms with E-state index in [2.05, 4.69) is 5.32 Å². The first-order valence-corrected chi connectivity index (χ1v) is 5.60. The van der Waals surface area contributed by atoms with Gasteiger partial charge in [0.05, 0.1) is 0 Å². The fraction of sp³-hybridized carbons (Fsp3) is 1.00. The maximum Gasteiger partial charge on any atom is 0.511 e. The Hall–Kier alpha value is -0.340. The number of hydrogen-bond donors (Lipinski definition) is 2. The lowest BCUT2D eigenvalue weighted by Crippen LogP contribution is -2.42. The van der Waals surface area contributed by atoms with Crippen molar-refractivity contribution in [1.82, 2.24) is 10.0 Å². The van der Waals surface area contributed by atoms with Crippen molar-refractivity contribution in [3.8, 4) is 0 Å². The second-order valence-electron chi connectivity index (χ2n) is 3.09. The maximum atomic E-state index is 11.8. The van der Waals surface area contributed by atoms with Crippen molar-refractivity contribution < 1.29 is 21.6 Å². The van der Waals surface area contributed by atoms with Gasteiger partial charge in [0.2, 0.25) is 0 Å². The largest absolute Gasteiger partial charge is 0.511 e. The van der Waals surface area contributed by atoms with Crippen LogP contribution in [0, 0.1) is 0 Å². The van der Waals surface area contributed by atoms with Crippen molar-refractivity contribution in [1.29, 1.82) is 0 Å². The van der Waals surface area contributed by atoms with Gasteiger partial charge < -0.3 is 5.32 Å². The number of rotatable bonds is 3. The highest BCUT2D eigenvalue weighted by Gasteiger charge is 2.45. The van der Waals surface area contributed by atoms with Gasteiger partial charge in [-0.3, -0.25) is 0 Å². The molecule has 84 valence electrons. The van der Waals surface area contributed by atoms with Gasteiger partial charge in [0, 0.05) is 12.6 Å². The van der Waals surface area contributed by atoms with Crippen LogP contribution in [-0.4, -0.2) is 33.1 Å². The minimum Gasteiger partial charge on any atom is -0.313 e. The molecule has 1 fully saturated rings. The minimum absolute atomic E-state index is 0.188. The highest BCUT2D eigenvalue weighted by atomic mass is 32.2. The second-order valence-corrected chi connectivity index (χ2v) is 4.85. The fourth-order valence-corrected chi connectivity index (χ4v) is 1.81. The molecule has 1 atom stereocenters. The van der Waals surface area contributed by atoms with Crippen LogP contribution in [0.1, 0.15) is 12.8 Å². The van der Waals surface area contributed by atoms with E-state index in [4.69, 9.17) is 0 Å². The van der Waals surface area contributed by atoms with Crippen LogP contribution < -0.4 is 10.0 Å². The van der Waals surface area contributed by atoms with Crippen molar-refractivity contribution in [2.75, 3.05) is 13.1 Å². The van der Waals surface area contributed by atoms with E-state index in [9.17, 15) is 21.6 Å². The third-order valence-electron chi connectivity index (χ3n) is 1.99. The molecule has 4 nitrogen and oxygen atoms in total. The molecule has 14 heavy (non-hydrogen) atoms. The van der Waals surface area contributed by atoms with E-state index >= 15 is 0 Å². The van der Waals surface area contributed by atoms with Crippen molar-refractivity contribution >= 4 is 10.0 Å². The molecule has 2 N–H and O–H groups in total. The van der Waals surface area contributed by atoms with Crippen LogP contribution in [0.25, 0.3) is 0 Å². The lowest BCUT2D eigenvalue weighted by atomic mass is 10.2. The van der Waals surface area contributed by atoms with Crippen LogP contribution >= 0.6 is 0 Å². The lowest BCUT2D eigenvalue weighted by Gasteiger charge is -2.13. The average molecular weight is 232 g/mol. The molecule has 8 heteroatoms. The fourth-order valence-electron chi connectivity index (χ4n) is 1.22. The molecule has 0 spiro atoms. The lowest BCUT2D eigenvalue weighted by molar-refractivity contribution is -0.0448. The van der Waals surface area contributed by atoms with E-state index in [0.29, 0.717) is 6.42 Å². The summed E-state index contributed by atoms with van der Waals surface area (Å²) >= 11 is 0. The molecule has 0 unspecified atom stereocenters. The van der Waals surface area contributed by atoms with E-state index in [1.54, 1.807) is 0 Å². The van der Waals surface area contributed by atoms with Gasteiger partial charge in [-0.1, -0.05) is 0 Å². The van der Waals surface area contributed by atoms with Crippen LogP contribution in [0.15, 0.2) is 0 Å². The maximum absolute atomic E-state index is 11.8. The molecular weight excluding hydrogens is 221 g/mol. The topological polar surface area (TPSA) is 58.2 Å². The number of alkyl halides is 3. The Morgan fingerprint density at radius 1 is 1.43 bits per heavy atom. The number of sulfonamides is 1. The van der Waals surface area contributed by atoms with Gasteiger partial charge in [0.15, 0.2) is 0 Å². The summed E-state index contributed by atoms with van der Waals surface area (Å²) < 4.78 is 58.1. The van der Waals surface area contributed by atoms with Gasteiger partial charge in [-0.2, -0.15) is 13.2 Å². The molecule has 1 aliphatic heterocycles. The molecule has 0 aromatic carbocycles. The molecule has 1 aliphatic rings. The molecule has 1 saturated heterocycles. The van der Waals surface area contributed by atoms with Gasteiger partial charge in [0.25, 0.3) is 0 Å². The van der Waals surface area contributed by atoms with E-state index in [0.717, 1.165) is 13.0 Å². The zero-order valence-corrected chi connectivity index (χ0v) is 8.08. The molecule has 1 rings (SSSR count). The van der Waals surface area contributed by atoms with Crippen LogP contribution in [0.5, 0.6) is 0 Å². The Kier molecular flexibility index (Phi) is 3.38. The normalized spacial score (nSPS) is 24.1. The summed E-state index contributed by atoms with van der Waals surface area (Å²) in [5, 5.41) is 2.89. The Balaban J connectivity index is 2.44. The first-order valence-electron chi connectivity index (χ1n) is 4.12. The van der Waals surface area contributed by atoms with Crippen LogP contribution in [0.3, 0.4) is 0 Å². The predicted octanol–water partition coefficient (Wildman–Crippen LogP) is 0.178. The van der Waals surface area contributed by atoms with Gasteiger partial charge in [-0.05, 0) is 19.4 Å². The standard InChI is InChI=1S/C6H11F3N2O2S/c7-6(8,9)14(12,13)11-4-5-2-1-3-10-5/h5,10-11H,1-4H2/t5-/m1/s1. The summed E-state index contributed by atoms with van der Waals surface area (Å²) in [5.74, 6) is 0. The SMILES string of the molecule is O=S(=O)(NC[C@H]1CCCN1)C(F)(F)F. The Labute approximate surface area is 79.9 Å². The summed E-state index contributed by atoms with van der Waals surface area (Å²) in [6.45, 7) is 0.514. The van der Waals surface area contributed by atoms with E-state index in [-0.39, 0.29) is 12.6 Å². The molecular formula is C6H11F3N2O2S. The zero-order valence-electron chi connectivity index (χ0n) is 7.26. The van der Waals surface area contributed by atoms with Gasteiger partial charge in [-0.25, -0.2) is 13.1 Å². The van der Waals surface area contributed by atoms with Gasteiger partial charge in [0.1, 0.15) is 0 Å². The quantitative estimate of drug-likeness (QED) is 0.729. The summed E-state index contributed by atoms with van der Waals surface area (Å²) in [6.07, 6.45) is 1.55. The first-order chi connectivity index (χ1) is 6.33. The summed E-state index contributed by atoms with van der Waals surface area (Å²) in [4.78, 5) is 0. The number of hydrogen-bond acceptors (Lipinski definition) is 3. The monoisotopic (exact) mass is 232 g/mol. The van der Waals surface area contributed by atoms with Crippen LogP contribution in [-0.2, 0) is 10.0 Å². The van der Waals surface area contributed by atoms with Gasteiger partial charge in [-0.15, -0.1) is 0 Å². The van der Waals surface area contributed by atoms with Crippen molar-refractivity contribution in [2.24, 2.45) is 0 Å². The van der Waals surface area contributed by atoms with Crippen LogP contribution in [0.4, 0.5) is 13.2 Å². The molecule has 1 heterocycles. The average Bonchev–Trinajstić information content (AvgIpc) is 2.50. The highest BCUT2D eigenvalue weighted by molar-refractivity contribution is 7.90. The van der Waals surface area contributed by atoms with E-state index < -0.39 is 15.5 Å². The van der Waals surface area contributed by atoms with Crippen LogP contribution in [0.2, 0.25) is 0 Å². The third kappa shape index (κ3) is 2.82. The Morgan fingerprint density at radius 3 is 2.50 bits per heavy atom. The highest BCUT2D eigenvalue weighted by Crippen LogP contribution is 2.21.